The molecule has 1 aromatic rings. The number of carbonyl (C=O) groups excluding carboxylic acids is 1. The number of nitrogens with two attached hydrogens (primary N) is 1. The summed E-state index contributed by atoms with van der Waals surface area (Å²) in [5, 5.41) is 0. The standard InChI is InChI=1S/C17H21F3N2O/c18-17(19,20)15-4-2-1-3-12(15)10-22(14-7-8-14)16(23)11-5-6-13(21)9-11/h1-4,11,13-14H,5-10,21H2/t11-,13-/m1/s1. The predicted octanol–water partition coefficient (Wildman–Crippen LogP) is 3.32. The maximum atomic E-state index is 13.1. The van der Waals surface area contributed by atoms with Gasteiger partial charge >= 0.3 is 6.18 Å². The lowest BCUT2D eigenvalue weighted by molar-refractivity contribution is -0.141. The molecule has 0 aromatic heterocycles. The van der Waals surface area contributed by atoms with E-state index < -0.39 is 11.7 Å². The van der Waals surface area contributed by atoms with E-state index >= 15 is 0 Å². The van der Waals surface area contributed by atoms with Gasteiger partial charge in [0.2, 0.25) is 5.91 Å². The van der Waals surface area contributed by atoms with Gasteiger partial charge in [0.25, 0.3) is 0 Å². The highest BCUT2D eigenvalue weighted by Crippen LogP contribution is 2.37. The van der Waals surface area contributed by atoms with E-state index in [4.69, 9.17) is 5.73 Å². The van der Waals surface area contributed by atoms with Crippen LogP contribution in [-0.4, -0.2) is 22.9 Å². The van der Waals surface area contributed by atoms with Crippen LogP contribution in [0.2, 0.25) is 0 Å². The molecule has 126 valence electrons. The third-order valence-electron chi connectivity index (χ3n) is 4.76. The Morgan fingerprint density at radius 1 is 1.17 bits per heavy atom. The molecule has 2 atom stereocenters. The first kappa shape index (κ1) is 16.3. The average Bonchev–Trinajstić information content (AvgIpc) is 3.24. The lowest BCUT2D eigenvalue weighted by atomic mass is 10.0. The normalized spacial score (nSPS) is 24.7. The Bertz CT molecular complexity index is 583. The van der Waals surface area contributed by atoms with E-state index in [0.29, 0.717) is 6.42 Å². The number of hydrogen-bond donors (Lipinski definition) is 1. The predicted molar refractivity (Wildman–Crippen MR) is 80.3 cm³/mol. The number of alkyl halides is 3. The van der Waals surface area contributed by atoms with Crippen molar-refractivity contribution in [2.75, 3.05) is 0 Å². The minimum atomic E-state index is -4.40. The van der Waals surface area contributed by atoms with Crippen molar-refractivity contribution in [3.05, 3.63) is 35.4 Å². The monoisotopic (exact) mass is 326 g/mol. The Labute approximate surface area is 133 Å². The van der Waals surface area contributed by atoms with Crippen LogP contribution in [-0.2, 0) is 17.5 Å². The van der Waals surface area contributed by atoms with Gasteiger partial charge in [0.05, 0.1) is 5.56 Å². The maximum Gasteiger partial charge on any atom is 0.416 e. The van der Waals surface area contributed by atoms with E-state index in [2.05, 4.69) is 0 Å². The van der Waals surface area contributed by atoms with E-state index in [0.717, 1.165) is 31.7 Å². The van der Waals surface area contributed by atoms with Crippen LogP contribution in [0.1, 0.15) is 43.2 Å². The van der Waals surface area contributed by atoms with Gasteiger partial charge in [-0.15, -0.1) is 0 Å². The zero-order valence-electron chi connectivity index (χ0n) is 12.9. The fourth-order valence-corrected chi connectivity index (χ4v) is 3.37. The van der Waals surface area contributed by atoms with E-state index in [1.54, 1.807) is 11.0 Å². The van der Waals surface area contributed by atoms with Crippen molar-refractivity contribution in [3.8, 4) is 0 Å². The molecular weight excluding hydrogens is 305 g/mol. The highest BCUT2D eigenvalue weighted by atomic mass is 19.4. The van der Waals surface area contributed by atoms with Gasteiger partial charge in [-0.05, 0) is 43.7 Å². The summed E-state index contributed by atoms with van der Waals surface area (Å²) in [7, 11) is 0. The SMILES string of the molecule is N[C@@H]1CC[C@@H](C(=O)N(Cc2ccccc2C(F)(F)F)C2CC2)C1. The lowest BCUT2D eigenvalue weighted by Gasteiger charge is -2.27. The molecule has 1 aromatic carbocycles. The molecule has 0 saturated heterocycles. The topological polar surface area (TPSA) is 46.3 Å². The molecular formula is C17H21F3N2O. The molecule has 3 rings (SSSR count). The molecule has 0 unspecified atom stereocenters. The molecule has 23 heavy (non-hydrogen) atoms. The highest BCUT2D eigenvalue weighted by molar-refractivity contribution is 5.80. The summed E-state index contributed by atoms with van der Waals surface area (Å²) in [6.45, 7) is 0.0327. The van der Waals surface area contributed by atoms with Gasteiger partial charge in [-0.2, -0.15) is 13.2 Å². The Hall–Kier alpha value is -1.56. The number of amides is 1. The number of benzene rings is 1. The molecule has 0 heterocycles. The Balaban J connectivity index is 1.80. The molecule has 2 N–H and O–H groups in total. The first-order valence-electron chi connectivity index (χ1n) is 8.07. The van der Waals surface area contributed by atoms with Crippen LogP contribution in [0.3, 0.4) is 0 Å². The minimum Gasteiger partial charge on any atom is -0.335 e. The molecule has 2 aliphatic rings. The van der Waals surface area contributed by atoms with Crippen LogP contribution in [0, 0.1) is 5.92 Å². The van der Waals surface area contributed by atoms with Crippen LogP contribution in [0.15, 0.2) is 24.3 Å². The van der Waals surface area contributed by atoms with Crippen molar-refractivity contribution < 1.29 is 18.0 Å². The van der Waals surface area contributed by atoms with Gasteiger partial charge in [0.15, 0.2) is 0 Å². The highest BCUT2D eigenvalue weighted by Gasteiger charge is 2.40. The fraction of sp³-hybridized carbons (Fsp3) is 0.588. The first-order valence-corrected chi connectivity index (χ1v) is 8.07. The van der Waals surface area contributed by atoms with Crippen LogP contribution >= 0.6 is 0 Å². The van der Waals surface area contributed by atoms with Crippen molar-refractivity contribution in [3.63, 3.8) is 0 Å². The van der Waals surface area contributed by atoms with Crippen molar-refractivity contribution in [1.82, 2.24) is 4.90 Å². The van der Waals surface area contributed by atoms with Gasteiger partial charge in [0.1, 0.15) is 0 Å². The quantitative estimate of drug-likeness (QED) is 0.922. The Kier molecular flexibility index (Phi) is 4.36. The molecule has 2 saturated carbocycles. The molecule has 6 heteroatoms. The molecule has 2 aliphatic carbocycles. The Morgan fingerprint density at radius 3 is 2.43 bits per heavy atom. The summed E-state index contributed by atoms with van der Waals surface area (Å²) in [4.78, 5) is 14.4. The molecule has 3 nitrogen and oxygen atoms in total. The average molecular weight is 326 g/mol. The van der Waals surface area contributed by atoms with E-state index in [1.807, 2.05) is 0 Å². The summed E-state index contributed by atoms with van der Waals surface area (Å²) in [6, 6.07) is 5.63. The molecule has 0 spiro atoms. The first-order chi connectivity index (χ1) is 10.9. The molecule has 0 aliphatic heterocycles. The smallest absolute Gasteiger partial charge is 0.335 e. The van der Waals surface area contributed by atoms with Crippen molar-refractivity contribution in [1.29, 1.82) is 0 Å². The van der Waals surface area contributed by atoms with Crippen molar-refractivity contribution in [2.45, 2.75) is 56.9 Å². The second-order valence-corrected chi connectivity index (χ2v) is 6.62. The largest absolute Gasteiger partial charge is 0.416 e. The Morgan fingerprint density at radius 2 is 1.87 bits per heavy atom. The molecule has 0 bridgehead atoms. The molecule has 2 fully saturated rings. The fourth-order valence-electron chi connectivity index (χ4n) is 3.37. The van der Waals surface area contributed by atoms with Crippen LogP contribution < -0.4 is 5.73 Å². The zero-order valence-corrected chi connectivity index (χ0v) is 12.9. The number of rotatable bonds is 4. The van der Waals surface area contributed by atoms with Gasteiger partial charge in [-0.1, -0.05) is 18.2 Å². The van der Waals surface area contributed by atoms with E-state index in [9.17, 15) is 18.0 Å². The second kappa shape index (κ2) is 6.15. The summed E-state index contributed by atoms with van der Waals surface area (Å²) >= 11 is 0. The summed E-state index contributed by atoms with van der Waals surface area (Å²) in [6.07, 6.45) is -0.455. The second-order valence-electron chi connectivity index (χ2n) is 6.62. The van der Waals surface area contributed by atoms with Crippen LogP contribution in [0.25, 0.3) is 0 Å². The molecule has 1 amide bonds. The van der Waals surface area contributed by atoms with Crippen LogP contribution in [0.5, 0.6) is 0 Å². The number of nitrogens with zero attached hydrogens (tertiary/aromatic N) is 1. The zero-order chi connectivity index (χ0) is 16.6. The van der Waals surface area contributed by atoms with Crippen molar-refractivity contribution in [2.24, 2.45) is 11.7 Å². The third-order valence-corrected chi connectivity index (χ3v) is 4.76. The third kappa shape index (κ3) is 3.68. The number of carbonyl (C=O) groups is 1. The van der Waals surface area contributed by atoms with Crippen LogP contribution in [0.4, 0.5) is 13.2 Å². The van der Waals surface area contributed by atoms with Crippen molar-refractivity contribution >= 4 is 5.91 Å². The summed E-state index contributed by atoms with van der Waals surface area (Å²) < 4.78 is 39.4. The maximum absolute atomic E-state index is 13.1. The van der Waals surface area contributed by atoms with E-state index in [-0.39, 0.29) is 36.0 Å². The lowest BCUT2D eigenvalue weighted by Crippen LogP contribution is -2.37. The van der Waals surface area contributed by atoms with E-state index in [1.165, 1.54) is 12.1 Å². The van der Waals surface area contributed by atoms with Gasteiger partial charge in [-0.3, -0.25) is 4.79 Å². The van der Waals surface area contributed by atoms with Gasteiger partial charge in [0, 0.05) is 24.5 Å². The summed E-state index contributed by atoms with van der Waals surface area (Å²) in [5.41, 5.74) is 5.39. The minimum absolute atomic E-state index is 0.0302. The van der Waals surface area contributed by atoms with Gasteiger partial charge < -0.3 is 10.6 Å². The van der Waals surface area contributed by atoms with Gasteiger partial charge in [-0.25, -0.2) is 0 Å². The number of halogens is 3. The molecule has 0 radical (unpaired) electrons. The summed E-state index contributed by atoms with van der Waals surface area (Å²) in [5.74, 6) is -0.166. The number of hydrogen-bond acceptors (Lipinski definition) is 2.